The van der Waals surface area contributed by atoms with E-state index in [1.54, 1.807) is 17.5 Å². The maximum Gasteiger partial charge on any atom is 0.106 e. The molecule has 86 valence electrons. The standard InChI is InChI=1S/C11H16N4S/c12-9-3-7-16-10(9)8-13-4-1-2-11-14-5-6-15-11/h3,5-7,13H,1-2,4,8,12H2,(H,14,15). The largest absolute Gasteiger partial charge is 0.398 e. The number of imidazole rings is 1. The minimum absolute atomic E-state index is 0.863. The van der Waals surface area contributed by atoms with Gasteiger partial charge in [0.1, 0.15) is 5.82 Å². The fourth-order valence-electron chi connectivity index (χ4n) is 1.51. The molecular formula is C11H16N4S. The lowest BCUT2D eigenvalue weighted by Gasteiger charge is -2.03. The number of aryl methyl sites for hydroxylation is 1. The van der Waals surface area contributed by atoms with E-state index < -0.39 is 0 Å². The quantitative estimate of drug-likeness (QED) is 0.670. The molecule has 4 N–H and O–H groups in total. The minimum atomic E-state index is 0.863. The number of nitrogens with zero attached hydrogens (tertiary/aromatic N) is 1. The second kappa shape index (κ2) is 5.67. The third kappa shape index (κ3) is 3.08. The van der Waals surface area contributed by atoms with Crippen molar-refractivity contribution in [1.29, 1.82) is 0 Å². The highest BCUT2D eigenvalue weighted by Gasteiger charge is 1.99. The molecule has 2 aromatic rings. The second-order valence-corrected chi connectivity index (χ2v) is 4.62. The predicted octanol–water partition coefficient (Wildman–Crippen LogP) is 1.78. The van der Waals surface area contributed by atoms with Gasteiger partial charge in [-0.1, -0.05) is 0 Å². The number of nitrogens with two attached hydrogens (primary N) is 1. The maximum absolute atomic E-state index is 5.79. The zero-order valence-corrected chi connectivity index (χ0v) is 9.89. The highest BCUT2D eigenvalue weighted by atomic mass is 32.1. The predicted molar refractivity (Wildman–Crippen MR) is 67.3 cm³/mol. The van der Waals surface area contributed by atoms with Crippen LogP contribution in [0.4, 0.5) is 5.69 Å². The van der Waals surface area contributed by atoms with Gasteiger partial charge in [0.25, 0.3) is 0 Å². The fourth-order valence-corrected chi connectivity index (χ4v) is 2.28. The Labute approximate surface area is 98.9 Å². The summed E-state index contributed by atoms with van der Waals surface area (Å²) < 4.78 is 0. The highest BCUT2D eigenvalue weighted by molar-refractivity contribution is 7.10. The molecule has 2 aromatic heterocycles. The summed E-state index contributed by atoms with van der Waals surface area (Å²) in [5, 5.41) is 5.40. The van der Waals surface area contributed by atoms with Crippen molar-refractivity contribution < 1.29 is 0 Å². The van der Waals surface area contributed by atoms with E-state index in [0.717, 1.165) is 37.4 Å². The van der Waals surface area contributed by atoms with Gasteiger partial charge in [0.15, 0.2) is 0 Å². The van der Waals surface area contributed by atoms with E-state index in [1.165, 1.54) is 4.88 Å². The first kappa shape index (κ1) is 11.2. The number of anilines is 1. The van der Waals surface area contributed by atoms with Gasteiger partial charge >= 0.3 is 0 Å². The minimum Gasteiger partial charge on any atom is -0.398 e. The van der Waals surface area contributed by atoms with Gasteiger partial charge in [-0.15, -0.1) is 11.3 Å². The van der Waals surface area contributed by atoms with Gasteiger partial charge in [-0.05, 0) is 24.4 Å². The molecule has 0 unspecified atom stereocenters. The molecule has 2 heterocycles. The smallest absolute Gasteiger partial charge is 0.106 e. The van der Waals surface area contributed by atoms with E-state index >= 15 is 0 Å². The van der Waals surface area contributed by atoms with E-state index in [2.05, 4.69) is 15.3 Å². The van der Waals surface area contributed by atoms with Gasteiger partial charge in [-0.25, -0.2) is 4.98 Å². The Morgan fingerprint density at radius 1 is 1.50 bits per heavy atom. The second-order valence-electron chi connectivity index (χ2n) is 3.62. The van der Waals surface area contributed by atoms with E-state index in [-0.39, 0.29) is 0 Å². The van der Waals surface area contributed by atoms with E-state index in [1.807, 2.05) is 17.6 Å². The monoisotopic (exact) mass is 236 g/mol. The summed E-state index contributed by atoms with van der Waals surface area (Å²) in [6, 6.07) is 1.95. The van der Waals surface area contributed by atoms with Crippen molar-refractivity contribution >= 4 is 17.0 Å². The molecule has 0 saturated carbocycles. The van der Waals surface area contributed by atoms with E-state index in [9.17, 15) is 0 Å². The first-order valence-electron chi connectivity index (χ1n) is 5.37. The Morgan fingerprint density at radius 3 is 3.12 bits per heavy atom. The van der Waals surface area contributed by atoms with Gasteiger partial charge in [0, 0.05) is 35.9 Å². The summed E-state index contributed by atoms with van der Waals surface area (Å²) >= 11 is 1.70. The van der Waals surface area contributed by atoms with Crippen LogP contribution in [0.5, 0.6) is 0 Å². The lowest BCUT2D eigenvalue weighted by Crippen LogP contribution is -2.15. The van der Waals surface area contributed by atoms with Crippen molar-refractivity contribution in [2.24, 2.45) is 0 Å². The van der Waals surface area contributed by atoms with Crippen LogP contribution in [0.25, 0.3) is 0 Å². The molecule has 0 amide bonds. The summed E-state index contributed by atoms with van der Waals surface area (Å²) in [6.45, 7) is 1.85. The van der Waals surface area contributed by atoms with Gasteiger partial charge in [0.2, 0.25) is 0 Å². The Morgan fingerprint density at radius 2 is 2.44 bits per heavy atom. The maximum atomic E-state index is 5.79. The Balaban J connectivity index is 1.61. The van der Waals surface area contributed by atoms with Crippen molar-refractivity contribution in [3.63, 3.8) is 0 Å². The number of thiophene rings is 1. The first-order chi connectivity index (χ1) is 7.86. The van der Waals surface area contributed by atoms with Crippen molar-refractivity contribution in [2.45, 2.75) is 19.4 Å². The summed E-state index contributed by atoms with van der Waals surface area (Å²) in [7, 11) is 0. The van der Waals surface area contributed by atoms with Gasteiger partial charge < -0.3 is 16.0 Å². The first-order valence-corrected chi connectivity index (χ1v) is 6.25. The number of nitrogens with one attached hydrogen (secondary N) is 2. The van der Waals surface area contributed by atoms with Crippen molar-refractivity contribution in [3.05, 3.63) is 34.5 Å². The third-order valence-corrected chi connectivity index (χ3v) is 3.32. The SMILES string of the molecule is Nc1ccsc1CNCCCc1ncc[nH]1. The van der Waals surface area contributed by atoms with Crippen molar-refractivity contribution in [1.82, 2.24) is 15.3 Å². The molecular weight excluding hydrogens is 220 g/mol. The average molecular weight is 236 g/mol. The van der Waals surface area contributed by atoms with Crippen molar-refractivity contribution in [3.8, 4) is 0 Å². The van der Waals surface area contributed by atoms with E-state index in [0.29, 0.717) is 0 Å². The number of H-pyrrole nitrogens is 1. The van der Waals surface area contributed by atoms with Crippen LogP contribution >= 0.6 is 11.3 Å². The summed E-state index contributed by atoms with van der Waals surface area (Å²) in [5.74, 6) is 1.05. The number of nitrogen functional groups attached to an aromatic ring is 1. The molecule has 0 aromatic carbocycles. The van der Waals surface area contributed by atoms with Crippen LogP contribution in [0.15, 0.2) is 23.8 Å². The van der Waals surface area contributed by atoms with Crippen LogP contribution in [-0.2, 0) is 13.0 Å². The Kier molecular flexibility index (Phi) is 3.96. The summed E-state index contributed by atoms with van der Waals surface area (Å²) in [5.41, 5.74) is 6.68. The summed E-state index contributed by atoms with van der Waals surface area (Å²) in [4.78, 5) is 8.49. The number of hydrogen-bond donors (Lipinski definition) is 3. The van der Waals surface area contributed by atoms with Gasteiger partial charge in [-0.3, -0.25) is 0 Å². The lowest BCUT2D eigenvalue weighted by molar-refractivity contribution is 0.646. The topological polar surface area (TPSA) is 66.7 Å². The average Bonchev–Trinajstić information content (AvgIpc) is 2.90. The van der Waals surface area contributed by atoms with Crippen LogP contribution in [-0.4, -0.2) is 16.5 Å². The normalized spacial score (nSPS) is 10.8. The molecule has 0 saturated heterocycles. The van der Waals surface area contributed by atoms with Gasteiger partial charge in [-0.2, -0.15) is 0 Å². The van der Waals surface area contributed by atoms with Crippen LogP contribution < -0.4 is 11.1 Å². The zero-order chi connectivity index (χ0) is 11.2. The van der Waals surface area contributed by atoms with Crippen LogP contribution in [0.1, 0.15) is 17.1 Å². The fraction of sp³-hybridized carbons (Fsp3) is 0.364. The Bertz CT molecular complexity index is 407. The third-order valence-electron chi connectivity index (χ3n) is 2.39. The molecule has 0 fully saturated rings. The lowest BCUT2D eigenvalue weighted by atomic mass is 10.3. The molecule has 0 bridgehead atoms. The Hall–Kier alpha value is -1.33. The van der Waals surface area contributed by atoms with Crippen LogP contribution in [0.2, 0.25) is 0 Å². The summed E-state index contributed by atoms with van der Waals surface area (Å²) in [6.07, 6.45) is 5.71. The number of aromatic nitrogens is 2. The molecule has 0 aliphatic heterocycles. The molecule has 5 heteroatoms. The zero-order valence-electron chi connectivity index (χ0n) is 9.07. The molecule has 4 nitrogen and oxygen atoms in total. The molecule has 0 atom stereocenters. The molecule has 16 heavy (non-hydrogen) atoms. The highest BCUT2D eigenvalue weighted by Crippen LogP contribution is 2.17. The molecule has 0 radical (unpaired) electrons. The van der Waals surface area contributed by atoms with Crippen LogP contribution in [0, 0.1) is 0 Å². The molecule has 0 spiro atoms. The number of rotatable bonds is 6. The van der Waals surface area contributed by atoms with Crippen LogP contribution in [0.3, 0.4) is 0 Å². The van der Waals surface area contributed by atoms with E-state index in [4.69, 9.17) is 5.73 Å². The molecule has 2 rings (SSSR count). The molecule has 0 aliphatic carbocycles. The molecule has 0 aliphatic rings. The number of hydrogen-bond acceptors (Lipinski definition) is 4. The van der Waals surface area contributed by atoms with Crippen molar-refractivity contribution in [2.75, 3.05) is 12.3 Å². The number of aromatic amines is 1. The van der Waals surface area contributed by atoms with Gasteiger partial charge in [0.05, 0.1) is 0 Å².